The molecule has 0 saturated heterocycles. The summed E-state index contributed by atoms with van der Waals surface area (Å²) in [7, 11) is 1.68. The maximum absolute atomic E-state index is 5.89. The molecule has 0 radical (unpaired) electrons. The molecule has 4 nitrogen and oxygen atoms in total. The maximum Gasteiger partial charge on any atom is 0.118 e. The van der Waals surface area contributed by atoms with Crippen LogP contribution in [-0.2, 0) is 13.0 Å². The van der Waals surface area contributed by atoms with Crippen LogP contribution < -0.4 is 10.5 Å². The van der Waals surface area contributed by atoms with Crippen molar-refractivity contribution in [3.05, 3.63) is 48.0 Å². The predicted molar refractivity (Wildman–Crippen MR) is 71.5 cm³/mol. The number of benzene rings is 1. The van der Waals surface area contributed by atoms with E-state index in [0.29, 0.717) is 0 Å². The van der Waals surface area contributed by atoms with Crippen LogP contribution >= 0.6 is 0 Å². The van der Waals surface area contributed by atoms with Crippen molar-refractivity contribution in [2.75, 3.05) is 7.11 Å². The monoisotopic (exact) mass is 245 g/mol. The van der Waals surface area contributed by atoms with Gasteiger partial charge in [-0.1, -0.05) is 12.1 Å². The van der Waals surface area contributed by atoms with Crippen molar-refractivity contribution in [2.24, 2.45) is 5.73 Å². The largest absolute Gasteiger partial charge is 0.497 e. The smallest absolute Gasteiger partial charge is 0.118 e. The highest BCUT2D eigenvalue weighted by Crippen LogP contribution is 2.14. The number of aromatic nitrogens is 2. The molecule has 18 heavy (non-hydrogen) atoms. The van der Waals surface area contributed by atoms with Crippen LogP contribution in [0.4, 0.5) is 0 Å². The summed E-state index contributed by atoms with van der Waals surface area (Å²) >= 11 is 0. The van der Waals surface area contributed by atoms with Crippen molar-refractivity contribution in [3.63, 3.8) is 0 Å². The molecule has 4 heteroatoms. The molecule has 0 saturated carbocycles. The number of nitrogens with zero attached hydrogens (tertiary/aromatic N) is 2. The molecule has 1 atom stereocenters. The molecule has 0 aliphatic carbocycles. The lowest BCUT2D eigenvalue weighted by atomic mass is 10.1. The van der Waals surface area contributed by atoms with Crippen molar-refractivity contribution >= 4 is 0 Å². The molecule has 0 spiro atoms. The number of hydrogen-bond donors (Lipinski definition) is 1. The zero-order valence-electron chi connectivity index (χ0n) is 10.8. The molecule has 0 bridgehead atoms. The number of nitrogens with two attached hydrogens (primary N) is 1. The molecule has 1 aromatic carbocycles. The molecule has 0 unspecified atom stereocenters. The number of hydrogen-bond acceptors (Lipinski definition) is 3. The van der Waals surface area contributed by atoms with Crippen molar-refractivity contribution in [3.8, 4) is 5.75 Å². The first-order chi connectivity index (χ1) is 8.70. The number of methoxy groups -OCH3 is 1. The zero-order chi connectivity index (χ0) is 13.0. The third-order valence-corrected chi connectivity index (χ3v) is 3.01. The Hall–Kier alpha value is -1.81. The molecule has 2 rings (SSSR count). The summed E-state index contributed by atoms with van der Waals surface area (Å²) in [5.41, 5.74) is 8.24. The minimum atomic E-state index is 0.0170. The second kappa shape index (κ2) is 5.69. The van der Waals surface area contributed by atoms with E-state index in [1.807, 2.05) is 31.6 Å². The first-order valence-corrected chi connectivity index (χ1v) is 6.09. The van der Waals surface area contributed by atoms with Gasteiger partial charge in [0.25, 0.3) is 0 Å². The van der Waals surface area contributed by atoms with Gasteiger partial charge in [0.05, 0.1) is 19.1 Å². The highest BCUT2D eigenvalue weighted by molar-refractivity contribution is 5.27. The third-order valence-electron chi connectivity index (χ3n) is 3.01. The lowest BCUT2D eigenvalue weighted by Gasteiger charge is -2.10. The van der Waals surface area contributed by atoms with Crippen molar-refractivity contribution in [1.29, 1.82) is 0 Å². The van der Waals surface area contributed by atoms with Crippen LogP contribution in [0.25, 0.3) is 0 Å². The topological polar surface area (TPSA) is 53.1 Å². The van der Waals surface area contributed by atoms with Crippen LogP contribution in [0.1, 0.15) is 24.2 Å². The van der Waals surface area contributed by atoms with Gasteiger partial charge in [-0.2, -0.15) is 0 Å². The molecule has 2 aromatic rings. The van der Waals surface area contributed by atoms with Crippen LogP contribution in [0.15, 0.2) is 36.8 Å². The molecule has 1 heterocycles. The molecule has 1 aromatic heterocycles. The summed E-state index contributed by atoms with van der Waals surface area (Å²) in [6, 6.07) is 8.15. The van der Waals surface area contributed by atoms with E-state index in [0.717, 1.165) is 24.4 Å². The number of imidazole rings is 1. The van der Waals surface area contributed by atoms with Crippen LogP contribution in [0.3, 0.4) is 0 Å². The van der Waals surface area contributed by atoms with Gasteiger partial charge in [0.2, 0.25) is 0 Å². The Bertz CT molecular complexity index is 488. The Morgan fingerprint density at radius 2 is 2.06 bits per heavy atom. The first-order valence-electron chi connectivity index (χ1n) is 6.09. The zero-order valence-corrected chi connectivity index (χ0v) is 10.8. The maximum atomic E-state index is 5.89. The van der Waals surface area contributed by atoms with Gasteiger partial charge in [-0.05, 0) is 31.0 Å². The second-order valence-corrected chi connectivity index (χ2v) is 4.40. The Morgan fingerprint density at radius 1 is 1.33 bits per heavy atom. The summed E-state index contributed by atoms with van der Waals surface area (Å²) in [6.07, 6.45) is 4.63. The number of rotatable bonds is 5. The minimum absolute atomic E-state index is 0.0170. The van der Waals surface area contributed by atoms with Gasteiger partial charge < -0.3 is 15.0 Å². The molecule has 0 aliphatic rings. The van der Waals surface area contributed by atoms with Gasteiger partial charge in [-0.3, -0.25) is 0 Å². The van der Waals surface area contributed by atoms with E-state index >= 15 is 0 Å². The normalized spacial score (nSPS) is 12.4. The average Bonchev–Trinajstić information content (AvgIpc) is 2.85. The lowest BCUT2D eigenvalue weighted by Crippen LogP contribution is -2.12. The first kappa shape index (κ1) is 12.6. The molecule has 0 fully saturated rings. The predicted octanol–water partition coefficient (Wildman–Crippen LogP) is 2.15. The molecular weight excluding hydrogens is 226 g/mol. The van der Waals surface area contributed by atoms with Gasteiger partial charge in [-0.25, -0.2) is 4.98 Å². The molecule has 2 N–H and O–H groups in total. The van der Waals surface area contributed by atoms with Crippen LogP contribution in [-0.4, -0.2) is 16.7 Å². The van der Waals surface area contributed by atoms with E-state index < -0.39 is 0 Å². The fourth-order valence-corrected chi connectivity index (χ4v) is 1.94. The Labute approximate surface area is 107 Å². The second-order valence-electron chi connectivity index (χ2n) is 4.40. The Morgan fingerprint density at radius 3 is 2.67 bits per heavy atom. The fourth-order valence-electron chi connectivity index (χ4n) is 1.94. The minimum Gasteiger partial charge on any atom is -0.497 e. The van der Waals surface area contributed by atoms with Gasteiger partial charge in [-0.15, -0.1) is 0 Å². The molecule has 96 valence electrons. The van der Waals surface area contributed by atoms with E-state index in [-0.39, 0.29) is 6.04 Å². The average molecular weight is 245 g/mol. The summed E-state index contributed by atoms with van der Waals surface area (Å²) < 4.78 is 7.24. The molecule has 0 amide bonds. The van der Waals surface area contributed by atoms with Gasteiger partial charge in [0, 0.05) is 18.8 Å². The van der Waals surface area contributed by atoms with Crippen LogP contribution in [0.2, 0.25) is 0 Å². The summed E-state index contributed by atoms with van der Waals surface area (Å²) in [6.45, 7) is 2.87. The highest BCUT2D eigenvalue weighted by Gasteiger charge is 2.06. The quantitative estimate of drug-likeness (QED) is 0.878. The lowest BCUT2D eigenvalue weighted by molar-refractivity contribution is 0.414. The standard InChI is InChI=1S/C14H19N3O/c1-11(15)14-9-16-10-17(14)8-7-12-3-5-13(18-2)6-4-12/h3-6,9-11H,7-8,15H2,1-2H3/t11-/m1/s1. The van der Waals surface area contributed by atoms with Crippen molar-refractivity contribution in [1.82, 2.24) is 9.55 Å². The Balaban J connectivity index is 2.00. The fraction of sp³-hybridized carbons (Fsp3) is 0.357. The molecule has 0 aliphatic heterocycles. The van der Waals surface area contributed by atoms with Gasteiger partial charge >= 0.3 is 0 Å². The molecular formula is C14H19N3O. The van der Waals surface area contributed by atoms with E-state index in [1.54, 1.807) is 7.11 Å². The van der Waals surface area contributed by atoms with E-state index in [1.165, 1.54) is 5.56 Å². The number of aryl methyl sites for hydroxylation is 2. The number of ether oxygens (including phenoxy) is 1. The Kier molecular flexibility index (Phi) is 3.99. The summed E-state index contributed by atoms with van der Waals surface area (Å²) in [4.78, 5) is 4.15. The summed E-state index contributed by atoms with van der Waals surface area (Å²) in [5, 5.41) is 0. The summed E-state index contributed by atoms with van der Waals surface area (Å²) in [5.74, 6) is 0.887. The van der Waals surface area contributed by atoms with Crippen LogP contribution in [0, 0.1) is 0 Å². The van der Waals surface area contributed by atoms with E-state index in [9.17, 15) is 0 Å². The van der Waals surface area contributed by atoms with Gasteiger partial charge in [0.15, 0.2) is 0 Å². The van der Waals surface area contributed by atoms with Crippen molar-refractivity contribution < 1.29 is 4.74 Å². The highest BCUT2D eigenvalue weighted by atomic mass is 16.5. The van der Waals surface area contributed by atoms with Crippen molar-refractivity contribution in [2.45, 2.75) is 25.9 Å². The van der Waals surface area contributed by atoms with Crippen LogP contribution in [0.5, 0.6) is 5.75 Å². The van der Waals surface area contributed by atoms with E-state index in [4.69, 9.17) is 10.5 Å². The third kappa shape index (κ3) is 2.90. The van der Waals surface area contributed by atoms with Gasteiger partial charge in [0.1, 0.15) is 5.75 Å². The van der Waals surface area contributed by atoms with E-state index in [2.05, 4.69) is 21.7 Å². The SMILES string of the molecule is COc1ccc(CCn2cncc2[C@@H](C)N)cc1.